The van der Waals surface area contributed by atoms with E-state index in [0.717, 1.165) is 5.56 Å². The van der Waals surface area contributed by atoms with Crippen LogP contribution in [0, 0.1) is 12.3 Å². The Balaban J connectivity index is 3.00. The number of ether oxygens (including phenoxy) is 1. The highest BCUT2D eigenvalue weighted by Crippen LogP contribution is 2.28. The normalized spacial score (nSPS) is 12.9. The first-order valence-electron chi connectivity index (χ1n) is 6.09. The lowest BCUT2D eigenvalue weighted by atomic mass is 9.84. The van der Waals surface area contributed by atoms with Crippen molar-refractivity contribution in [3.63, 3.8) is 0 Å². The van der Waals surface area contributed by atoms with Crippen LogP contribution in [0.15, 0.2) is 6.33 Å². The van der Waals surface area contributed by atoms with E-state index in [0.29, 0.717) is 11.7 Å². The van der Waals surface area contributed by atoms with Crippen molar-refractivity contribution >= 4 is 11.8 Å². The van der Waals surface area contributed by atoms with Crippen molar-refractivity contribution in [2.75, 3.05) is 12.4 Å². The van der Waals surface area contributed by atoms with Gasteiger partial charge >= 0.3 is 5.97 Å². The molecule has 0 radical (unpaired) electrons. The topological polar surface area (TPSA) is 84.3 Å². The highest BCUT2D eigenvalue weighted by Gasteiger charge is 2.28. The predicted molar refractivity (Wildman–Crippen MR) is 72.4 cm³/mol. The average molecular weight is 267 g/mol. The van der Waals surface area contributed by atoms with Gasteiger partial charge < -0.3 is 15.2 Å². The third kappa shape index (κ3) is 4.08. The predicted octanol–water partition coefficient (Wildman–Crippen LogP) is 2.09. The summed E-state index contributed by atoms with van der Waals surface area (Å²) in [6.45, 7) is 7.80. The molecule has 0 amide bonds. The molecule has 6 nitrogen and oxygen atoms in total. The highest BCUT2D eigenvalue weighted by atomic mass is 16.5. The van der Waals surface area contributed by atoms with Crippen LogP contribution in [0.2, 0.25) is 0 Å². The number of hydrogen-bond acceptors (Lipinski definition) is 5. The molecule has 0 saturated carbocycles. The molecule has 0 aliphatic rings. The van der Waals surface area contributed by atoms with E-state index >= 15 is 0 Å². The Morgan fingerprint density at radius 1 is 1.47 bits per heavy atom. The van der Waals surface area contributed by atoms with Crippen LogP contribution in [0.25, 0.3) is 0 Å². The van der Waals surface area contributed by atoms with E-state index in [1.807, 2.05) is 27.7 Å². The lowest BCUT2D eigenvalue weighted by molar-refractivity contribution is -0.137. The maximum Gasteiger partial charge on any atom is 0.305 e. The molecule has 0 bridgehead atoms. The van der Waals surface area contributed by atoms with Gasteiger partial charge in [0, 0.05) is 6.04 Å². The summed E-state index contributed by atoms with van der Waals surface area (Å²) in [7, 11) is 1.54. The van der Waals surface area contributed by atoms with Crippen molar-refractivity contribution in [1.29, 1.82) is 0 Å². The lowest BCUT2D eigenvalue weighted by Crippen LogP contribution is -2.36. The molecule has 1 heterocycles. The third-order valence-corrected chi connectivity index (χ3v) is 2.97. The van der Waals surface area contributed by atoms with E-state index < -0.39 is 5.97 Å². The number of hydrogen-bond donors (Lipinski definition) is 2. The van der Waals surface area contributed by atoms with Crippen molar-refractivity contribution in [2.45, 2.75) is 40.2 Å². The molecule has 6 heteroatoms. The number of aliphatic carboxylic acids is 1. The number of nitrogens with one attached hydrogen (secondary N) is 1. The van der Waals surface area contributed by atoms with E-state index in [1.165, 1.54) is 13.4 Å². The highest BCUT2D eigenvalue weighted by molar-refractivity contribution is 5.68. The molecule has 0 aromatic carbocycles. The largest absolute Gasteiger partial charge is 0.481 e. The number of methoxy groups -OCH3 is 1. The fourth-order valence-corrected chi connectivity index (χ4v) is 1.70. The molecule has 0 aliphatic carbocycles. The van der Waals surface area contributed by atoms with Crippen molar-refractivity contribution in [2.24, 2.45) is 5.41 Å². The number of anilines is 1. The Morgan fingerprint density at radius 3 is 2.58 bits per heavy atom. The molecule has 1 unspecified atom stereocenters. The zero-order valence-corrected chi connectivity index (χ0v) is 12.0. The van der Waals surface area contributed by atoms with Gasteiger partial charge in [-0.05, 0) is 12.3 Å². The Hall–Kier alpha value is -1.85. The van der Waals surface area contributed by atoms with Gasteiger partial charge in [0.25, 0.3) is 0 Å². The van der Waals surface area contributed by atoms with Gasteiger partial charge in [-0.25, -0.2) is 9.97 Å². The molecule has 1 aromatic heterocycles. The standard InChI is InChI=1S/C13H21N3O3/c1-8-11(14-7-15-12(8)19-5)16-9(6-10(17)18)13(2,3)4/h7,9H,6H2,1-5H3,(H,17,18)(H,14,15,16). The zero-order valence-electron chi connectivity index (χ0n) is 12.0. The second kappa shape index (κ2) is 5.86. The average Bonchev–Trinajstić information content (AvgIpc) is 2.29. The van der Waals surface area contributed by atoms with E-state index in [2.05, 4.69) is 15.3 Å². The minimum Gasteiger partial charge on any atom is -0.481 e. The summed E-state index contributed by atoms with van der Waals surface area (Å²) >= 11 is 0. The van der Waals surface area contributed by atoms with Crippen molar-refractivity contribution in [3.05, 3.63) is 11.9 Å². The van der Waals surface area contributed by atoms with Gasteiger partial charge in [-0.2, -0.15) is 0 Å². The van der Waals surface area contributed by atoms with Gasteiger partial charge in [-0.15, -0.1) is 0 Å². The summed E-state index contributed by atoms with van der Waals surface area (Å²) in [6.07, 6.45) is 1.42. The third-order valence-electron chi connectivity index (χ3n) is 2.97. The molecule has 1 aromatic rings. The Morgan fingerprint density at radius 2 is 2.11 bits per heavy atom. The minimum atomic E-state index is -0.842. The molecular formula is C13H21N3O3. The quantitative estimate of drug-likeness (QED) is 0.849. The molecular weight excluding hydrogens is 246 g/mol. The second-order valence-corrected chi connectivity index (χ2v) is 5.52. The van der Waals surface area contributed by atoms with Crippen molar-refractivity contribution in [1.82, 2.24) is 9.97 Å². The number of rotatable bonds is 5. The van der Waals surface area contributed by atoms with Crippen LogP contribution < -0.4 is 10.1 Å². The van der Waals surface area contributed by atoms with Gasteiger partial charge in [0.2, 0.25) is 5.88 Å². The van der Waals surface area contributed by atoms with Gasteiger partial charge in [0.15, 0.2) is 0 Å². The lowest BCUT2D eigenvalue weighted by Gasteiger charge is -2.31. The fraction of sp³-hybridized carbons (Fsp3) is 0.615. The molecule has 1 atom stereocenters. The maximum absolute atomic E-state index is 11.0. The van der Waals surface area contributed by atoms with E-state index in [9.17, 15) is 4.79 Å². The van der Waals surface area contributed by atoms with Gasteiger partial charge in [0.1, 0.15) is 12.1 Å². The summed E-state index contributed by atoms with van der Waals surface area (Å²) in [4.78, 5) is 19.1. The minimum absolute atomic E-state index is 0.0231. The van der Waals surface area contributed by atoms with Crippen LogP contribution in [0.4, 0.5) is 5.82 Å². The Bertz CT molecular complexity index is 455. The SMILES string of the molecule is COc1ncnc(NC(CC(=O)O)C(C)(C)C)c1C. The summed E-state index contributed by atoms with van der Waals surface area (Å²) in [5.74, 6) is 0.250. The smallest absolute Gasteiger partial charge is 0.305 e. The number of nitrogens with zero attached hydrogens (tertiary/aromatic N) is 2. The molecule has 0 spiro atoms. The molecule has 106 valence electrons. The van der Waals surface area contributed by atoms with E-state index in [1.54, 1.807) is 0 Å². The van der Waals surface area contributed by atoms with Gasteiger partial charge in [-0.1, -0.05) is 20.8 Å². The van der Waals surface area contributed by atoms with Crippen LogP contribution in [-0.2, 0) is 4.79 Å². The maximum atomic E-state index is 11.0. The first kappa shape index (κ1) is 15.2. The molecule has 0 saturated heterocycles. The summed E-state index contributed by atoms with van der Waals surface area (Å²) in [6, 6.07) is -0.233. The van der Waals surface area contributed by atoms with Crippen molar-refractivity contribution in [3.8, 4) is 5.88 Å². The number of carboxylic acids is 1. The number of carboxylic acid groups (broad SMARTS) is 1. The van der Waals surface area contributed by atoms with E-state index in [-0.39, 0.29) is 17.9 Å². The van der Waals surface area contributed by atoms with Crippen LogP contribution >= 0.6 is 0 Å². The molecule has 2 N–H and O–H groups in total. The van der Waals surface area contributed by atoms with Crippen LogP contribution in [0.3, 0.4) is 0 Å². The Labute approximate surface area is 113 Å². The number of carbonyl (C=O) groups is 1. The summed E-state index contributed by atoms with van der Waals surface area (Å²) in [5.41, 5.74) is 0.563. The summed E-state index contributed by atoms with van der Waals surface area (Å²) < 4.78 is 5.13. The van der Waals surface area contributed by atoms with Crippen LogP contribution in [0.1, 0.15) is 32.8 Å². The summed E-state index contributed by atoms with van der Waals surface area (Å²) in [5, 5.41) is 12.2. The molecule has 0 aliphatic heterocycles. The monoisotopic (exact) mass is 267 g/mol. The van der Waals surface area contributed by atoms with Crippen LogP contribution in [-0.4, -0.2) is 34.2 Å². The molecule has 0 fully saturated rings. The molecule has 1 rings (SSSR count). The number of aromatic nitrogens is 2. The zero-order chi connectivity index (χ0) is 14.6. The van der Waals surface area contributed by atoms with Gasteiger partial charge in [-0.3, -0.25) is 4.79 Å². The Kier molecular flexibility index (Phi) is 4.69. The first-order valence-corrected chi connectivity index (χ1v) is 6.09. The van der Waals surface area contributed by atoms with Gasteiger partial charge in [0.05, 0.1) is 19.1 Å². The van der Waals surface area contributed by atoms with Crippen molar-refractivity contribution < 1.29 is 14.6 Å². The molecule has 19 heavy (non-hydrogen) atoms. The first-order chi connectivity index (χ1) is 8.75. The van der Waals surface area contributed by atoms with Crippen LogP contribution in [0.5, 0.6) is 5.88 Å². The second-order valence-electron chi connectivity index (χ2n) is 5.52. The fourth-order valence-electron chi connectivity index (χ4n) is 1.70. The van der Waals surface area contributed by atoms with E-state index in [4.69, 9.17) is 9.84 Å².